The van der Waals surface area contributed by atoms with Gasteiger partial charge in [-0.25, -0.2) is 0 Å². The van der Waals surface area contributed by atoms with E-state index in [9.17, 15) is 9.59 Å². The smallest absolute Gasteiger partial charge is 0.253 e. The van der Waals surface area contributed by atoms with Crippen molar-refractivity contribution in [1.82, 2.24) is 15.1 Å². The third kappa shape index (κ3) is 4.37. The molecular formula is C23H24N4O2. The van der Waals surface area contributed by atoms with E-state index in [2.05, 4.69) is 21.6 Å². The highest BCUT2D eigenvalue weighted by Crippen LogP contribution is 2.24. The average Bonchev–Trinajstić information content (AvgIpc) is 3.22. The molecule has 29 heavy (non-hydrogen) atoms. The molecule has 1 aliphatic heterocycles. The van der Waals surface area contributed by atoms with Crippen LogP contribution in [-0.2, 0) is 17.6 Å². The summed E-state index contributed by atoms with van der Waals surface area (Å²) in [4.78, 5) is 26.0. The van der Waals surface area contributed by atoms with E-state index in [1.54, 1.807) is 11.0 Å². The van der Waals surface area contributed by atoms with E-state index in [-0.39, 0.29) is 11.8 Å². The van der Waals surface area contributed by atoms with E-state index in [0.717, 1.165) is 41.0 Å². The Morgan fingerprint density at radius 3 is 2.76 bits per heavy atom. The minimum Gasteiger partial charge on any atom is -0.342 e. The highest BCUT2D eigenvalue weighted by atomic mass is 16.2. The number of hydrogen-bond acceptors (Lipinski definition) is 3. The lowest BCUT2D eigenvalue weighted by Crippen LogP contribution is -2.28. The van der Waals surface area contributed by atoms with E-state index in [1.807, 2.05) is 49.5 Å². The number of H-pyrrole nitrogens is 1. The van der Waals surface area contributed by atoms with Crippen LogP contribution in [0.15, 0.2) is 54.6 Å². The summed E-state index contributed by atoms with van der Waals surface area (Å²) in [5, 5.41) is 10.3. The van der Waals surface area contributed by atoms with Gasteiger partial charge in [0.2, 0.25) is 5.91 Å². The third-order valence-electron chi connectivity index (χ3n) is 5.23. The van der Waals surface area contributed by atoms with E-state index < -0.39 is 0 Å². The monoisotopic (exact) mass is 388 g/mol. The molecular weight excluding hydrogens is 364 g/mol. The van der Waals surface area contributed by atoms with Gasteiger partial charge in [0.1, 0.15) is 0 Å². The van der Waals surface area contributed by atoms with Gasteiger partial charge in [0.15, 0.2) is 0 Å². The van der Waals surface area contributed by atoms with Crippen LogP contribution in [0, 0.1) is 0 Å². The van der Waals surface area contributed by atoms with Crippen LogP contribution in [0.1, 0.15) is 34.5 Å². The lowest BCUT2D eigenvalue weighted by Gasteiger charge is -2.20. The molecule has 0 saturated carbocycles. The van der Waals surface area contributed by atoms with Crippen LogP contribution in [0.4, 0.5) is 5.69 Å². The fourth-order valence-corrected chi connectivity index (χ4v) is 3.59. The number of aromatic nitrogens is 2. The molecule has 3 aromatic rings. The summed E-state index contributed by atoms with van der Waals surface area (Å²) in [5.74, 6) is 0.0298. The highest BCUT2D eigenvalue weighted by molar-refractivity contribution is 5.97. The van der Waals surface area contributed by atoms with Gasteiger partial charge in [-0.1, -0.05) is 30.3 Å². The topological polar surface area (TPSA) is 78.1 Å². The maximum Gasteiger partial charge on any atom is 0.253 e. The van der Waals surface area contributed by atoms with Crippen LogP contribution in [0.2, 0.25) is 0 Å². The number of hydrogen-bond donors (Lipinski definition) is 2. The second kappa shape index (κ2) is 8.31. The number of carbonyl (C=O) groups excluding carboxylic acids is 2. The summed E-state index contributed by atoms with van der Waals surface area (Å²) in [6, 6.07) is 17.6. The maximum atomic E-state index is 12.7. The van der Waals surface area contributed by atoms with Gasteiger partial charge in [0.05, 0.1) is 5.69 Å². The fraction of sp³-hybridized carbons (Fsp3) is 0.261. The first-order valence-corrected chi connectivity index (χ1v) is 9.88. The Balaban J connectivity index is 1.32. The van der Waals surface area contributed by atoms with Crippen LogP contribution in [0.5, 0.6) is 0 Å². The molecule has 0 aliphatic carbocycles. The van der Waals surface area contributed by atoms with Crippen molar-refractivity contribution in [2.45, 2.75) is 25.7 Å². The molecule has 1 aliphatic rings. The largest absolute Gasteiger partial charge is 0.342 e. The van der Waals surface area contributed by atoms with Gasteiger partial charge < -0.3 is 10.2 Å². The Morgan fingerprint density at radius 1 is 1.10 bits per heavy atom. The SMILES string of the molecule is CN(CCCc1cc(-c2ccccc2)n[nH]1)C(=O)c1ccc2c(c1)CCC(=O)N2. The zero-order valence-corrected chi connectivity index (χ0v) is 16.4. The molecule has 0 unspecified atom stereocenters. The van der Waals surface area contributed by atoms with E-state index >= 15 is 0 Å². The van der Waals surface area contributed by atoms with Crippen molar-refractivity contribution in [3.05, 3.63) is 71.4 Å². The van der Waals surface area contributed by atoms with Gasteiger partial charge in [-0.3, -0.25) is 14.7 Å². The fourth-order valence-electron chi connectivity index (χ4n) is 3.59. The average molecular weight is 388 g/mol. The summed E-state index contributed by atoms with van der Waals surface area (Å²) < 4.78 is 0. The molecule has 2 amide bonds. The second-order valence-corrected chi connectivity index (χ2v) is 7.39. The molecule has 4 rings (SSSR count). The van der Waals surface area contributed by atoms with Crippen LogP contribution in [0.25, 0.3) is 11.3 Å². The summed E-state index contributed by atoms with van der Waals surface area (Å²) in [6.45, 7) is 0.659. The number of rotatable bonds is 6. The molecule has 0 saturated heterocycles. The normalized spacial score (nSPS) is 12.9. The minimum absolute atomic E-state index is 0.000662. The zero-order valence-electron chi connectivity index (χ0n) is 16.4. The number of carbonyl (C=O) groups is 2. The molecule has 6 nitrogen and oxygen atoms in total. The van der Waals surface area contributed by atoms with Crippen molar-refractivity contribution in [1.29, 1.82) is 0 Å². The standard InChI is InChI=1S/C23H24N4O2/c1-27(23(29)18-9-11-20-17(14-18)10-12-22(28)24-20)13-5-8-19-15-21(26-25-19)16-6-3-2-4-7-16/h2-4,6-7,9,11,14-15H,5,8,10,12-13H2,1H3,(H,24,28)(H,25,26). The van der Waals surface area contributed by atoms with Gasteiger partial charge in [0.25, 0.3) is 5.91 Å². The number of benzene rings is 2. The van der Waals surface area contributed by atoms with Crippen molar-refractivity contribution < 1.29 is 9.59 Å². The Bertz CT molecular complexity index is 1030. The van der Waals surface area contributed by atoms with Crippen molar-refractivity contribution >= 4 is 17.5 Å². The summed E-state index contributed by atoms with van der Waals surface area (Å²) in [5.41, 5.74) is 5.59. The lowest BCUT2D eigenvalue weighted by atomic mass is 10.00. The summed E-state index contributed by atoms with van der Waals surface area (Å²) >= 11 is 0. The van der Waals surface area contributed by atoms with Crippen molar-refractivity contribution in [3.63, 3.8) is 0 Å². The molecule has 0 bridgehead atoms. The molecule has 0 atom stereocenters. The van der Waals surface area contributed by atoms with Crippen LogP contribution >= 0.6 is 0 Å². The van der Waals surface area contributed by atoms with E-state index in [4.69, 9.17) is 0 Å². The van der Waals surface area contributed by atoms with Crippen molar-refractivity contribution in [3.8, 4) is 11.3 Å². The Labute approximate surface area is 169 Å². The lowest BCUT2D eigenvalue weighted by molar-refractivity contribution is -0.116. The number of nitrogens with zero attached hydrogens (tertiary/aromatic N) is 2. The Kier molecular flexibility index (Phi) is 5.42. The molecule has 2 N–H and O–H groups in total. The molecule has 0 spiro atoms. The van der Waals surface area contributed by atoms with Crippen LogP contribution in [-0.4, -0.2) is 40.5 Å². The first kappa shape index (κ1) is 18.9. The number of nitrogens with one attached hydrogen (secondary N) is 2. The first-order valence-electron chi connectivity index (χ1n) is 9.88. The van der Waals surface area contributed by atoms with E-state index in [0.29, 0.717) is 24.9 Å². The van der Waals surface area contributed by atoms with Crippen LogP contribution in [0.3, 0.4) is 0 Å². The molecule has 148 valence electrons. The molecule has 2 aromatic carbocycles. The summed E-state index contributed by atoms with van der Waals surface area (Å²) in [7, 11) is 1.83. The number of anilines is 1. The van der Waals surface area contributed by atoms with Gasteiger partial charge in [0, 0.05) is 42.5 Å². The number of amides is 2. The Hall–Kier alpha value is -3.41. The highest BCUT2D eigenvalue weighted by Gasteiger charge is 2.18. The molecule has 6 heteroatoms. The van der Waals surface area contributed by atoms with Gasteiger partial charge in [-0.15, -0.1) is 0 Å². The summed E-state index contributed by atoms with van der Waals surface area (Å²) in [6.07, 6.45) is 2.82. The zero-order chi connectivity index (χ0) is 20.2. The quantitative estimate of drug-likeness (QED) is 0.676. The van der Waals surface area contributed by atoms with Gasteiger partial charge in [-0.05, 0) is 49.1 Å². The van der Waals surface area contributed by atoms with E-state index in [1.165, 1.54) is 0 Å². The third-order valence-corrected chi connectivity index (χ3v) is 5.23. The predicted molar refractivity (Wildman–Crippen MR) is 113 cm³/mol. The Morgan fingerprint density at radius 2 is 1.93 bits per heavy atom. The number of aryl methyl sites for hydroxylation is 2. The molecule has 2 heterocycles. The maximum absolute atomic E-state index is 12.7. The molecule has 0 radical (unpaired) electrons. The van der Waals surface area contributed by atoms with Gasteiger partial charge >= 0.3 is 0 Å². The second-order valence-electron chi connectivity index (χ2n) is 7.39. The number of aromatic amines is 1. The first-order chi connectivity index (χ1) is 14.1. The predicted octanol–water partition coefficient (Wildman–Crippen LogP) is 3.67. The molecule has 1 aromatic heterocycles. The van der Waals surface area contributed by atoms with Gasteiger partial charge in [-0.2, -0.15) is 5.10 Å². The van der Waals surface area contributed by atoms with Crippen molar-refractivity contribution in [2.75, 3.05) is 18.9 Å². The number of fused-ring (bicyclic) bond motifs is 1. The van der Waals surface area contributed by atoms with Crippen molar-refractivity contribution in [2.24, 2.45) is 0 Å². The minimum atomic E-state index is -0.000662. The van der Waals surface area contributed by atoms with Crippen LogP contribution < -0.4 is 5.32 Å². The molecule has 0 fully saturated rings.